The van der Waals surface area contributed by atoms with Crippen LogP contribution in [0.1, 0.15) is 20.7 Å². The van der Waals surface area contributed by atoms with Crippen molar-refractivity contribution in [1.82, 2.24) is 0 Å². The molecule has 1 amide bonds. The smallest absolute Gasteiger partial charge is 0.337 e. The van der Waals surface area contributed by atoms with E-state index < -0.39 is 5.97 Å². The van der Waals surface area contributed by atoms with E-state index in [2.05, 4.69) is 5.32 Å². The molecule has 0 saturated carbocycles. The third-order valence-corrected chi connectivity index (χ3v) is 2.74. The first kappa shape index (κ1) is 13.6. The van der Waals surface area contributed by atoms with Crippen molar-refractivity contribution in [2.24, 2.45) is 0 Å². The zero-order valence-electron chi connectivity index (χ0n) is 10.8. The van der Waals surface area contributed by atoms with Gasteiger partial charge in [0.15, 0.2) is 0 Å². The van der Waals surface area contributed by atoms with Crippen LogP contribution >= 0.6 is 0 Å². The predicted molar refractivity (Wildman–Crippen MR) is 74.3 cm³/mol. The zero-order valence-corrected chi connectivity index (χ0v) is 10.8. The highest BCUT2D eigenvalue weighted by Crippen LogP contribution is 2.23. The van der Waals surface area contributed by atoms with E-state index in [0.29, 0.717) is 11.3 Å². The minimum atomic E-state index is -1.11. The molecule has 0 aliphatic carbocycles. The van der Waals surface area contributed by atoms with Crippen molar-refractivity contribution in [2.75, 3.05) is 12.4 Å². The van der Waals surface area contributed by atoms with Crippen LogP contribution in [0.2, 0.25) is 0 Å². The Labute approximate surface area is 115 Å². The summed E-state index contributed by atoms with van der Waals surface area (Å²) < 4.78 is 5.03. The van der Waals surface area contributed by atoms with Crippen molar-refractivity contribution < 1.29 is 19.4 Å². The Kier molecular flexibility index (Phi) is 4.00. The quantitative estimate of drug-likeness (QED) is 0.896. The molecule has 0 heterocycles. The van der Waals surface area contributed by atoms with Crippen LogP contribution in [0.25, 0.3) is 0 Å². The van der Waals surface area contributed by atoms with Crippen LogP contribution in [0.5, 0.6) is 5.75 Å². The Morgan fingerprint density at radius 3 is 2.40 bits per heavy atom. The molecule has 2 aromatic rings. The number of benzene rings is 2. The molecule has 20 heavy (non-hydrogen) atoms. The molecule has 0 aliphatic rings. The number of hydrogen-bond acceptors (Lipinski definition) is 3. The van der Waals surface area contributed by atoms with Gasteiger partial charge in [0.25, 0.3) is 5.91 Å². The topological polar surface area (TPSA) is 75.6 Å². The first-order valence-corrected chi connectivity index (χ1v) is 5.89. The molecule has 0 spiro atoms. The number of anilines is 1. The van der Waals surface area contributed by atoms with E-state index in [4.69, 9.17) is 9.84 Å². The van der Waals surface area contributed by atoms with Crippen LogP contribution in [0.4, 0.5) is 5.69 Å². The standard InChI is InChI=1S/C15H13NO4/c1-20-11-7-8-12(15(18)19)13(9-11)16-14(17)10-5-3-2-4-6-10/h2-9H,1H3,(H,16,17)(H,18,19). The lowest BCUT2D eigenvalue weighted by Crippen LogP contribution is -2.14. The Balaban J connectivity index is 2.32. The van der Waals surface area contributed by atoms with Gasteiger partial charge >= 0.3 is 5.97 Å². The summed E-state index contributed by atoms with van der Waals surface area (Å²) in [6, 6.07) is 13.0. The van der Waals surface area contributed by atoms with Gasteiger partial charge in [-0.1, -0.05) is 18.2 Å². The monoisotopic (exact) mass is 271 g/mol. The van der Waals surface area contributed by atoms with E-state index in [0.717, 1.165) is 0 Å². The van der Waals surface area contributed by atoms with Gasteiger partial charge in [-0.2, -0.15) is 0 Å². The molecule has 0 atom stereocenters. The molecule has 2 aromatic carbocycles. The van der Waals surface area contributed by atoms with Crippen molar-refractivity contribution in [3.05, 3.63) is 59.7 Å². The molecule has 0 aromatic heterocycles. The molecule has 0 unspecified atom stereocenters. The Hall–Kier alpha value is -2.82. The lowest BCUT2D eigenvalue weighted by Gasteiger charge is -2.10. The fourth-order valence-corrected chi connectivity index (χ4v) is 1.72. The summed E-state index contributed by atoms with van der Waals surface area (Å²) in [7, 11) is 1.47. The van der Waals surface area contributed by atoms with E-state index >= 15 is 0 Å². The van der Waals surface area contributed by atoms with Gasteiger partial charge in [-0.05, 0) is 24.3 Å². The maximum atomic E-state index is 12.0. The Morgan fingerprint density at radius 1 is 1.10 bits per heavy atom. The molecule has 2 rings (SSSR count). The highest BCUT2D eigenvalue weighted by molar-refractivity contribution is 6.07. The maximum absolute atomic E-state index is 12.0. The van der Waals surface area contributed by atoms with Gasteiger partial charge in [-0.15, -0.1) is 0 Å². The zero-order chi connectivity index (χ0) is 14.5. The van der Waals surface area contributed by atoms with E-state index in [-0.39, 0.29) is 17.2 Å². The number of nitrogens with one attached hydrogen (secondary N) is 1. The maximum Gasteiger partial charge on any atom is 0.337 e. The number of ether oxygens (including phenoxy) is 1. The number of carbonyl (C=O) groups excluding carboxylic acids is 1. The Morgan fingerprint density at radius 2 is 1.80 bits per heavy atom. The second kappa shape index (κ2) is 5.88. The number of hydrogen-bond donors (Lipinski definition) is 2. The highest BCUT2D eigenvalue weighted by atomic mass is 16.5. The largest absolute Gasteiger partial charge is 0.497 e. The molecule has 5 nitrogen and oxygen atoms in total. The third kappa shape index (κ3) is 2.95. The number of amides is 1. The molecule has 0 radical (unpaired) electrons. The van der Waals surface area contributed by atoms with Gasteiger partial charge in [0, 0.05) is 11.6 Å². The van der Waals surface area contributed by atoms with Gasteiger partial charge < -0.3 is 15.2 Å². The fourth-order valence-electron chi connectivity index (χ4n) is 1.72. The van der Waals surface area contributed by atoms with Crippen molar-refractivity contribution in [3.63, 3.8) is 0 Å². The summed E-state index contributed by atoms with van der Waals surface area (Å²) in [5, 5.41) is 11.7. The summed E-state index contributed by atoms with van der Waals surface area (Å²) >= 11 is 0. The number of methoxy groups -OCH3 is 1. The van der Waals surface area contributed by atoms with E-state index in [9.17, 15) is 9.59 Å². The molecule has 102 valence electrons. The van der Waals surface area contributed by atoms with Gasteiger partial charge in [0.1, 0.15) is 5.75 Å². The minimum absolute atomic E-state index is 0.00933. The van der Waals surface area contributed by atoms with Crippen LogP contribution in [-0.4, -0.2) is 24.1 Å². The van der Waals surface area contributed by atoms with Crippen LogP contribution in [0.15, 0.2) is 48.5 Å². The van der Waals surface area contributed by atoms with Gasteiger partial charge in [-0.3, -0.25) is 4.79 Å². The van der Waals surface area contributed by atoms with Gasteiger partial charge in [0.2, 0.25) is 0 Å². The Bertz CT molecular complexity index is 638. The normalized spacial score (nSPS) is 9.85. The van der Waals surface area contributed by atoms with Crippen molar-refractivity contribution in [2.45, 2.75) is 0 Å². The number of carboxylic acids is 1. The van der Waals surface area contributed by atoms with Gasteiger partial charge in [-0.25, -0.2) is 4.79 Å². The SMILES string of the molecule is COc1ccc(C(=O)O)c(NC(=O)c2ccccc2)c1. The minimum Gasteiger partial charge on any atom is -0.497 e. The van der Waals surface area contributed by atoms with E-state index in [1.165, 1.54) is 25.3 Å². The van der Waals surface area contributed by atoms with E-state index in [1.807, 2.05) is 0 Å². The highest BCUT2D eigenvalue weighted by Gasteiger charge is 2.14. The van der Waals surface area contributed by atoms with Crippen molar-refractivity contribution in [3.8, 4) is 5.75 Å². The van der Waals surface area contributed by atoms with Crippen LogP contribution in [-0.2, 0) is 0 Å². The van der Waals surface area contributed by atoms with Crippen LogP contribution in [0, 0.1) is 0 Å². The number of carboxylic acid groups (broad SMARTS) is 1. The average Bonchev–Trinajstić information content (AvgIpc) is 2.47. The fraction of sp³-hybridized carbons (Fsp3) is 0.0667. The van der Waals surface area contributed by atoms with E-state index in [1.54, 1.807) is 30.3 Å². The molecule has 0 saturated heterocycles. The van der Waals surface area contributed by atoms with Crippen LogP contribution < -0.4 is 10.1 Å². The predicted octanol–water partition coefficient (Wildman–Crippen LogP) is 2.65. The summed E-state index contributed by atoms with van der Waals surface area (Å²) in [4.78, 5) is 23.2. The number of rotatable bonds is 4. The number of carbonyl (C=O) groups is 2. The van der Waals surface area contributed by atoms with Crippen molar-refractivity contribution >= 4 is 17.6 Å². The first-order valence-electron chi connectivity index (χ1n) is 5.89. The lowest BCUT2D eigenvalue weighted by molar-refractivity contribution is 0.0698. The lowest BCUT2D eigenvalue weighted by atomic mass is 10.1. The first-order chi connectivity index (χ1) is 9.61. The third-order valence-electron chi connectivity index (χ3n) is 2.74. The summed E-state index contributed by atoms with van der Waals surface area (Å²) in [6.45, 7) is 0. The van der Waals surface area contributed by atoms with Crippen molar-refractivity contribution in [1.29, 1.82) is 0 Å². The van der Waals surface area contributed by atoms with Crippen LogP contribution in [0.3, 0.4) is 0 Å². The molecular formula is C15H13NO4. The molecule has 5 heteroatoms. The molecular weight excluding hydrogens is 258 g/mol. The summed E-state index contributed by atoms with van der Waals surface area (Å²) in [5.41, 5.74) is 0.660. The summed E-state index contributed by atoms with van der Waals surface area (Å²) in [5.74, 6) is -1.02. The second-order valence-electron chi connectivity index (χ2n) is 4.04. The molecule has 0 fully saturated rings. The molecule has 0 aliphatic heterocycles. The summed E-state index contributed by atoms with van der Waals surface area (Å²) in [6.07, 6.45) is 0. The van der Waals surface area contributed by atoms with Gasteiger partial charge in [0.05, 0.1) is 18.4 Å². The molecule has 0 bridgehead atoms. The second-order valence-corrected chi connectivity index (χ2v) is 4.04. The average molecular weight is 271 g/mol. The number of aromatic carboxylic acids is 1. The molecule has 2 N–H and O–H groups in total.